The quantitative estimate of drug-likeness (QED) is 0.509. The van der Waals surface area contributed by atoms with Gasteiger partial charge in [-0.15, -0.1) is 0 Å². The molecule has 128 valence electrons. The van der Waals surface area contributed by atoms with Crippen LogP contribution in [0.4, 0.5) is 5.69 Å². The Labute approximate surface area is 152 Å². The maximum absolute atomic E-state index is 12.4. The first-order chi connectivity index (χ1) is 12.5. The average molecular weight is 341 g/mol. The van der Waals surface area contributed by atoms with Gasteiger partial charge in [0.1, 0.15) is 0 Å². The fourth-order valence-electron chi connectivity index (χ4n) is 2.61. The van der Waals surface area contributed by atoms with Gasteiger partial charge in [-0.2, -0.15) is 0 Å². The van der Waals surface area contributed by atoms with E-state index in [0.717, 1.165) is 16.3 Å². The minimum Gasteiger partial charge on any atom is -0.322 e. The number of carbonyl (C=O) groups is 2. The molecule has 0 aliphatic heterocycles. The van der Waals surface area contributed by atoms with E-state index in [9.17, 15) is 9.59 Å². The Hall–Kier alpha value is -3.46. The van der Waals surface area contributed by atoms with Gasteiger partial charge in [0.05, 0.1) is 0 Å². The number of hydrogen-bond donors (Lipinski definition) is 1. The number of fused-ring (bicyclic) bond motifs is 1. The summed E-state index contributed by atoms with van der Waals surface area (Å²) < 4.78 is 0. The van der Waals surface area contributed by atoms with Crippen molar-refractivity contribution in [3.63, 3.8) is 0 Å². The van der Waals surface area contributed by atoms with Gasteiger partial charge in [-0.1, -0.05) is 55.1 Å². The predicted octanol–water partition coefficient (Wildman–Crippen LogP) is 5.25. The molecule has 0 aromatic heterocycles. The van der Waals surface area contributed by atoms with Crippen LogP contribution in [-0.2, 0) is 4.79 Å². The van der Waals surface area contributed by atoms with Crippen LogP contribution in [-0.4, -0.2) is 11.7 Å². The van der Waals surface area contributed by atoms with Crippen LogP contribution < -0.4 is 5.32 Å². The summed E-state index contributed by atoms with van der Waals surface area (Å²) in [4.78, 5) is 24.0. The molecule has 3 rings (SSSR count). The van der Waals surface area contributed by atoms with Crippen molar-refractivity contribution in [3.05, 3.63) is 96.1 Å². The lowest BCUT2D eigenvalue weighted by Gasteiger charge is -2.05. The molecule has 0 aliphatic rings. The molecule has 0 spiro atoms. The fourth-order valence-corrected chi connectivity index (χ4v) is 2.61. The Morgan fingerprint density at radius 2 is 1.62 bits per heavy atom. The second kappa shape index (κ2) is 7.62. The molecule has 3 aromatic carbocycles. The van der Waals surface area contributed by atoms with Gasteiger partial charge in [0.2, 0.25) is 0 Å². The standard InChI is InChI=1S/C23H19NO2/c1-16(2)23(26)24-20-13-10-19(11-14-20)22(25)15-12-18-8-5-7-17-6-3-4-9-21(17)18/h3-15H,1H2,2H3,(H,24,26)/b15-12+. The first kappa shape index (κ1) is 17.4. The lowest BCUT2D eigenvalue weighted by Crippen LogP contribution is -2.11. The molecule has 0 bridgehead atoms. The molecule has 1 amide bonds. The summed E-state index contributed by atoms with van der Waals surface area (Å²) in [5.41, 5.74) is 2.63. The highest BCUT2D eigenvalue weighted by atomic mass is 16.1. The van der Waals surface area contributed by atoms with E-state index in [0.29, 0.717) is 16.8 Å². The second-order valence-corrected chi connectivity index (χ2v) is 6.08. The highest BCUT2D eigenvalue weighted by Gasteiger charge is 2.05. The third-order valence-corrected chi connectivity index (χ3v) is 4.05. The van der Waals surface area contributed by atoms with E-state index in [1.54, 1.807) is 37.3 Å². The zero-order valence-corrected chi connectivity index (χ0v) is 14.5. The number of amides is 1. The number of rotatable bonds is 5. The fraction of sp³-hybridized carbons (Fsp3) is 0.0435. The van der Waals surface area contributed by atoms with Gasteiger partial charge in [-0.25, -0.2) is 0 Å². The van der Waals surface area contributed by atoms with Crippen LogP contribution >= 0.6 is 0 Å². The zero-order chi connectivity index (χ0) is 18.5. The highest BCUT2D eigenvalue weighted by Crippen LogP contribution is 2.20. The first-order valence-corrected chi connectivity index (χ1v) is 8.32. The van der Waals surface area contributed by atoms with Crippen molar-refractivity contribution in [2.24, 2.45) is 0 Å². The molecule has 0 saturated heterocycles. The Morgan fingerprint density at radius 1 is 0.923 bits per heavy atom. The van der Waals surface area contributed by atoms with Crippen LogP contribution in [0, 0.1) is 0 Å². The van der Waals surface area contributed by atoms with E-state index in [2.05, 4.69) is 11.9 Å². The Bertz CT molecular complexity index is 1010. The van der Waals surface area contributed by atoms with Crippen molar-refractivity contribution in [3.8, 4) is 0 Å². The minimum atomic E-state index is -0.236. The molecule has 0 aliphatic carbocycles. The predicted molar refractivity (Wildman–Crippen MR) is 107 cm³/mol. The first-order valence-electron chi connectivity index (χ1n) is 8.32. The van der Waals surface area contributed by atoms with Gasteiger partial charge in [0, 0.05) is 16.8 Å². The third kappa shape index (κ3) is 3.95. The molecule has 0 unspecified atom stereocenters. The topological polar surface area (TPSA) is 46.2 Å². The Balaban J connectivity index is 1.76. The Morgan fingerprint density at radius 3 is 2.35 bits per heavy atom. The van der Waals surface area contributed by atoms with Crippen LogP contribution in [0.2, 0.25) is 0 Å². The number of nitrogens with one attached hydrogen (secondary N) is 1. The molecule has 3 aromatic rings. The van der Waals surface area contributed by atoms with Crippen LogP contribution in [0.15, 0.2) is 85.0 Å². The van der Waals surface area contributed by atoms with Gasteiger partial charge in [-0.05, 0) is 53.6 Å². The molecule has 1 N–H and O–H groups in total. The summed E-state index contributed by atoms with van der Waals surface area (Å²) in [7, 11) is 0. The molecule has 0 fully saturated rings. The van der Waals surface area contributed by atoms with E-state index in [4.69, 9.17) is 0 Å². The summed E-state index contributed by atoms with van der Waals surface area (Å²) in [5.74, 6) is -0.323. The van der Waals surface area contributed by atoms with Gasteiger partial charge in [0.15, 0.2) is 5.78 Å². The number of anilines is 1. The van der Waals surface area contributed by atoms with Gasteiger partial charge in [0.25, 0.3) is 5.91 Å². The SMILES string of the molecule is C=C(C)C(=O)Nc1ccc(C(=O)/C=C/c2cccc3ccccc23)cc1. The van der Waals surface area contributed by atoms with E-state index >= 15 is 0 Å². The molecular weight excluding hydrogens is 322 g/mol. The lowest BCUT2D eigenvalue weighted by atomic mass is 10.0. The summed E-state index contributed by atoms with van der Waals surface area (Å²) in [6, 6.07) is 20.9. The average Bonchev–Trinajstić information content (AvgIpc) is 2.66. The van der Waals surface area contributed by atoms with Crippen molar-refractivity contribution < 1.29 is 9.59 Å². The molecule has 3 heteroatoms. The van der Waals surface area contributed by atoms with Crippen molar-refractivity contribution >= 4 is 34.2 Å². The van der Waals surface area contributed by atoms with E-state index < -0.39 is 0 Å². The molecular formula is C23H19NO2. The maximum Gasteiger partial charge on any atom is 0.250 e. The third-order valence-electron chi connectivity index (χ3n) is 4.05. The normalized spacial score (nSPS) is 10.8. The van der Waals surface area contributed by atoms with Gasteiger partial charge >= 0.3 is 0 Å². The van der Waals surface area contributed by atoms with Gasteiger partial charge < -0.3 is 5.32 Å². The zero-order valence-electron chi connectivity index (χ0n) is 14.5. The monoisotopic (exact) mass is 341 g/mol. The molecule has 0 saturated carbocycles. The molecule has 3 nitrogen and oxygen atoms in total. The van der Waals surface area contributed by atoms with Crippen molar-refractivity contribution in [2.45, 2.75) is 6.92 Å². The van der Waals surface area contributed by atoms with Crippen molar-refractivity contribution in [1.29, 1.82) is 0 Å². The number of benzene rings is 3. The molecule has 26 heavy (non-hydrogen) atoms. The smallest absolute Gasteiger partial charge is 0.250 e. The number of hydrogen-bond acceptors (Lipinski definition) is 2. The van der Waals surface area contributed by atoms with E-state index in [-0.39, 0.29) is 11.7 Å². The highest BCUT2D eigenvalue weighted by molar-refractivity contribution is 6.08. The summed E-state index contributed by atoms with van der Waals surface area (Å²) in [5, 5.41) is 4.96. The number of allylic oxidation sites excluding steroid dienone is 1. The molecule has 0 radical (unpaired) electrons. The van der Waals surface area contributed by atoms with Crippen LogP contribution in [0.5, 0.6) is 0 Å². The molecule has 0 atom stereocenters. The summed E-state index contributed by atoms with van der Waals surface area (Å²) in [6.45, 7) is 5.24. The van der Waals surface area contributed by atoms with Crippen molar-refractivity contribution in [2.75, 3.05) is 5.32 Å². The van der Waals surface area contributed by atoms with E-state index in [1.807, 2.05) is 48.5 Å². The summed E-state index contributed by atoms with van der Waals surface area (Å²) in [6.07, 6.45) is 3.41. The summed E-state index contributed by atoms with van der Waals surface area (Å²) >= 11 is 0. The second-order valence-electron chi connectivity index (χ2n) is 6.08. The maximum atomic E-state index is 12.4. The number of ketones is 1. The van der Waals surface area contributed by atoms with Crippen LogP contribution in [0.1, 0.15) is 22.8 Å². The molecule has 0 heterocycles. The van der Waals surface area contributed by atoms with Crippen molar-refractivity contribution in [1.82, 2.24) is 0 Å². The largest absolute Gasteiger partial charge is 0.322 e. The number of carbonyl (C=O) groups excluding carboxylic acids is 2. The van der Waals surface area contributed by atoms with Crippen LogP contribution in [0.3, 0.4) is 0 Å². The van der Waals surface area contributed by atoms with Crippen LogP contribution in [0.25, 0.3) is 16.8 Å². The minimum absolute atomic E-state index is 0.0873. The lowest BCUT2D eigenvalue weighted by molar-refractivity contribution is -0.112. The van der Waals surface area contributed by atoms with E-state index in [1.165, 1.54) is 0 Å². The van der Waals surface area contributed by atoms with Gasteiger partial charge in [-0.3, -0.25) is 9.59 Å². The Kier molecular flexibility index (Phi) is 5.09.